The number of H-pyrrole nitrogens is 1. The van der Waals surface area contributed by atoms with Crippen LogP contribution in [0.5, 0.6) is 11.5 Å². The molecule has 2 aromatic carbocycles. The second-order valence-electron chi connectivity index (χ2n) is 9.01. The largest absolute Gasteiger partial charge is 0.586 e. The molecule has 1 fully saturated rings. The Balaban J connectivity index is 1.42. The molecule has 0 atom stereocenters. The standard InChI is InChI=1S/C23H21F3N2O4/c1-21(2,11-29)19-8-12-7-16(14(24)10-15(12)27-19)28-20(30)22(5-6-22)13-3-4-17-18(9-13)32-23(25,26)31-17/h3-4,7-10,27,29H,5-6,11H2,1-2H3,(H,28,30). The summed E-state index contributed by atoms with van der Waals surface area (Å²) in [6.07, 6.45) is -2.74. The Morgan fingerprint density at radius 3 is 2.56 bits per heavy atom. The van der Waals surface area contributed by atoms with Crippen molar-refractivity contribution < 1.29 is 32.5 Å². The number of amides is 1. The molecule has 0 saturated heterocycles. The van der Waals surface area contributed by atoms with Gasteiger partial charge in [0.2, 0.25) is 5.91 Å². The predicted molar refractivity (Wildman–Crippen MR) is 111 cm³/mol. The van der Waals surface area contributed by atoms with Crippen LogP contribution in [0.15, 0.2) is 36.4 Å². The molecule has 1 saturated carbocycles. The minimum absolute atomic E-state index is 0.0217. The topological polar surface area (TPSA) is 83.6 Å². The third kappa shape index (κ3) is 3.28. The number of fused-ring (bicyclic) bond motifs is 2. The van der Waals surface area contributed by atoms with Gasteiger partial charge in [0.15, 0.2) is 11.5 Å². The van der Waals surface area contributed by atoms with Crippen molar-refractivity contribution in [1.82, 2.24) is 4.98 Å². The van der Waals surface area contributed by atoms with Crippen molar-refractivity contribution in [3.63, 3.8) is 0 Å². The van der Waals surface area contributed by atoms with Crippen molar-refractivity contribution in [3.8, 4) is 11.5 Å². The van der Waals surface area contributed by atoms with Gasteiger partial charge in [-0.05, 0) is 42.7 Å². The van der Waals surface area contributed by atoms with E-state index in [0.717, 1.165) is 5.69 Å². The molecule has 1 aliphatic heterocycles. The highest BCUT2D eigenvalue weighted by molar-refractivity contribution is 6.02. The average molecular weight is 446 g/mol. The van der Waals surface area contributed by atoms with Crippen molar-refractivity contribution in [2.24, 2.45) is 0 Å². The fourth-order valence-electron chi connectivity index (χ4n) is 3.96. The summed E-state index contributed by atoms with van der Waals surface area (Å²) in [5.74, 6) is -1.26. The van der Waals surface area contributed by atoms with Crippen molar-refractivity contribution in [2.75, 3.05) is 11.9 Å². The normalized spacial score (nSPS) is 18.1. The van der Waals surface area contributed by atoms with E-state index < -0.39 is 28.8 Å². The first-order chi connectivity index (χ1) is 15.0. The van der Waals surface area contributed by atoms with Gasteiger partial charge in [-0.2, -0.15) is 0 Å². The van der Waals surface area contributed by atoms with Crippen LogP contribution in [-0.2, 0) is 15.6 Å². The number of ether oxygens (including phenoxy) is 2. The van der Waals surface area contributed by atoms with Crippen LogP contribution in [0, 0.1) is 5.82 Å². The van der Waals surface area contributed by atoms with Crippen LogP contribution in [0.2, 0.25) is 0 Å². The lowest BCUT2D eigenvalue weighted by atomic mass is 9.91. The van der Waals surface area contributed by atoms with Gasteiger partial charge in [-0.3, -0.25) is 4.79 Å². The summed E-state index contributed by atoms with van der Waals surface area (Å²) in [4.78, 5) is 16.2. The Hall–Kier alpha value is -3.20. The molecular formula is C23H21F3N2O4. The lowest BCUT2D eigenvalue weighted by Gasteiger charge is -2.19. The monoisotopic (exact) mass is 446 g/mol. The summed E-state index contributed by atoms with van der Waals surface area (Å²) in [6.45, 7) is 3.62. The van der Waals surface area contributed by atoms with Crippen molar-refractivity contribution in [1.29, 1.82) is 0 Å². The van der Waals surface area contributed by atoms with Crippen molar-refractivity contribution >= 4 is 22.5 Å². The average Bonchev–Trinajstić information content (AvgIpc) is 3.34. The van der Waals surface area contributed by atoms with E-state index in [2.05, 4.69) is 19.8 Å². The Bertz CT molecular complexity index is 1250. The second-order valence-corrected chi connectivity index (χ2v) is 9.01. The van der Waals surface area contributed by atoms with E-state index in [1.54, 1.807) is 6.07 Å². The summed E-state index contributed by atoms with van der Waals surface area (Å²) in [6, 6.07) is 8.90. The van der Waals surface area contributed by atoms with E-state index in [1.807, 2.05) is 19.9 Å². The number of benzene rings is 2. The summed E-state index contributed by atoms with van der Waals surface area (Å²) >= 11 is 0. The molecule has 2 aliphatic rings. The molecule has 0 spiro atoms. The van der Waals surface area contributed by atoms with Gasteiger partial charge in [0.05, 0.1) is 17.7 Å². The summed E-state index contributed by atoms with van der Waals surface area (Å²) < 4.78 is 50.3. The van der Waals surface area contributed by atoms with Gasteiger partial charge >= 0.3 is 6.29 Å². The Kier molecular flexibility index (Phi) is 4.30. The maximum Gasteiger partial charge on any atom is 0.586 e. The maximum atomic E-state index is 14.7. The zero-order valence-electron chi connectivity index (χ0n) is 17.4. The van der Waals surface area contributed by atoms with Crippen molar-refractivity contribution in [2.45, 2.75) is 43.8 Å². The van der Waals surface area contributed by atoms with Gasteiger partial charge in [-0.25, -0.2) is 4.39 Å². The van der Waals surface area contributed by atoms with E-state index in [0.29, 0.717) is 29.3 Å². The number of rotatable bonds is 5. The molecule has 0 bridgehead atoms. The van der Waals surface area contributed by atoms with Crippen LogP contribution in [0.3, 0.4) is 0 Å². The van der Waals surface area contributed by atoms with Gasteiger partial charge in [-0.1, -0.05) is 19.9 Å². The molecule has 1 amide bonds. The van der Waals surface area contributed by atoms with Gasteiger partial charge in [0, 0.05) is 28.1 Å². The van der Waals surface area contributed by atoms with Gasteiger partial charge in [0.1, 0.15) is 5.82 Å². The molecule has 0 radical (unpaired) electrons. The van der Waals surface area contributed by atoms with Crippen LogP contribution in [0.1, 0.15) is 37.9 Å². The smallest absolute Gasteiger partial charge is 0.395 e. The first kappa shape index (κ1) is 20.7. The Morgan fingerprint density at radius 1 is 1.16 bits per heavy atom. The molecule has 6 nitrogen and oxygen atoms in total. The fourth-order valence-corrected chi connectivity index (χ4v) is 3.96. The van der Waals surface area contributed by atoms with Gasteiger partial charge in [0.25, 0.3) is 0 Å². The van der Waals surface area contributed by atoms with Gasteiger partial charge < -0.3 is 24.9 Å². The number of aromatic amines is 1. The van der Waals surface area contributed by atoms with E-state index >= 15 is 0 Å². The Morgan fingerprint density at radius 2 is 1.88 bits per heavy atom. The van der Waals surface area contributed by atoms with Crippen LogP contribution in [0.25, 0.3) is 10.9 Å². The number of aliphatic hydroxyl groups excluding tert-OH is 1. The molecule has 5 rings (SSSR count). The van der Waals surface area contributed by atoms with Crippen LogP contribution >= 0.6 is 0 Å². The minimum atomic E-state index is -3.74. The number of alkyl halides is 2. The number of carbonyl (C=O) groups is 1. The van der Waals surface area contributed by atoms with Crippen LogP contribution < -0.4 is 14.8 Å². The number of nitrogens with one attached hydrogen (secondary N) is 2. The molecule has 3 aromatic rings. The molecule has 1 aromatic heterocycles. The number of aliphatic hydroxyl groups is 1. The van der Waals surface area contributed by atoms with E-state index in [-0.39, 0.29) is 23.8 Å². The van der Waals surface area contributed by atoms with Gasteiger partial charge in [-0.15, -0.1) is 8.78 Å². The van der Waals surface area contributed by atoms with Crippen molar-refractivity contribution in [3.05, 3.63) is 53.5 Å². The lowest BCUT2D eigenvalue weighted by Crippen LogP contribution is -2.28. The lowest BCUT2D eigenvalue weighted by molar-refractivity contribution is -0.286. The third-order valence-electron chi connectivity index (χ3n) is 6.22. The maximum absolute atomic E-state index is 14.7. The molecule has 2 heterocycles. The molecule has 9 heteroatoms. The molecule has 1 aliphatic carbocycles. The van der Waals surface area contributed by atoms with E-state index in [4.69, 9.17) is 0 Å². The highest BCUT2D eigenvalue weighted by Crippen LogP contribution is 2.52. The highest BCUT2D eigenvalue weighted by Gasteiger charge is 2.53. The van der Waals surface area contributed by atoms with E-state index in [1.165, 1.54) is 24.3 Å². The minimum Gasteiger partial charge on any atom is -0.395 e. The zero-order valence-corrected chi connectivity index (χ0v) is 17.4. The summed E-state index contributed by atoms with van der Waals surface area (Å²) in [5, 5.41) is 12.9. The predicted octanol–water partition coefficient (Wildman–Crippen LogP) is 4.57. The van der Waals surface area contributed by atoms with Crippen LogP contribution in [-0.4, -0.2) is 28.9 Å². The molecule has 32 heavy (non-hydrogen) atoms. The quantitative estimate of drug-likeness (QED) is 0.536. The van der Waals surface area contributed by atoms with Crippen LogP contribution in [0.4, 0.5) is 18.9 Å². The third-order valence-corrected chi connectivity index (χ3v) is 6.22. The molecule has 3 N–H and O–H groups in total. The molecule has 168 valence electrons. The molecule has 0 unspecified atom stereocenters. The fraction of sp³-hybridized carbons (Fsp3) is 0.348. The first-order valence-corrected chi connectivity index (χ1v) is 10.2. The van der Waals surface area contributed by atoms with E-state index in [9.17, 15) is 23.1 Å². The molecular weight excluding hydrogens is 425 g/mol. The number of carbonyl (C=O) groups excluding carboxylic acids is 1. The number of hydrogen-bond acceptors (Lipinski definition) is 4. The number of aromatic nitrogens is 1. The number of hydrogen-bond donors (Lipinski definition) is 3. The Labute approximate surface area is 181 Å². The number of anilines is 1. The SMILES string of the molecule is CC(C)(CO)c1cc2cc(NC(=O)C3(c4ccc5c(c4)OC(F)(F)O5)CC3)c(F)cc2[nH]1. The first-order valence-electron chi connectivity index (χ1n) is 10.2. The summed E-state index contributed by atoms with van der Waals surface area (Å²) in [5.41, 5.74) is 0.342. The zero-order chi connectivity index (χ0) is 22.9. The summed E-state index contributed by atoms with van der Waals surface area (Å²) in [7, 11) is 0. The highest BCUT2D eigenvalue weighted by atomic mass is 19.3. The second kappa shape index (κ2) is 6.65. The number of halogens is 3.